The summed E-state index contributed by atoms with van der Waals surface area (Å²) in [6.45, 7) is 3.50. The maximum absolute atomic E-state index is 13.5. The summed E-state index contributed by atoms with van der Waals surface area (Å²) >= 11 is -1.11. The zero-order valence-electron chi connectivity index (χ0n) is 21.6. The Labute approximate surface area is 232 Å². The highest BCUT2D eigenvalue weighted by Gasteiger charge is 2.45. The molecule has 0 unspecified atom stereocenters. The zero-order chi connectivity index (χ0) is 29.3. The van der Waals surface area contributed by atoms with Crippen LogP contribution in [0.1, 0.15) is 24.0 Å². The average molecular weight is 579 g/mol. The molecule has 2 aromatic rings. The fraction of sp³-hybridized carbons (Fsp3) is 0.296. The quantitative estimate of drug-likeness (QED) is 0.224. The van der Waals surface area contributed by atoms with Gasteiger partial charge in [-0.3, -0.25) is 14.6 Å². The van der Waals surface area contributed by atoms with E-state index in [0.29, 0.717) is 5.56 Å². The van der Waals surface area contributed by atoms with E-state index in [9.17, 15) is 27.3 Å². The molecule has 3 rings (SSSR count). The van der Waals surface area contributed by atoms with Gasteiger partial charge in [-0.05, 0) is 35.9 Å². The van der Waals surface area contributed by atoms with Gasteiger partial charge >= 0.3 is 6.18 Å². The molecule has 9 nitrogen and oxygen atoms in total. The van der Waals surface area contributed by atoms with Crippen LogP contribution in [0, 0.1) is 0 Å². The number of hydrogen-bond donors (Lipinski definition) is 3. The normalized spacial score (nSPS) is 19.6. The Morgan fingerprint density at radius 3 is 2.40 bits per heavy atom. The van der Waals surface area contributed by atoms with Crippen LogP contribution in [0.3, 0.4) is 0 Å². The topological polar surface area (TPSA) is 138 Å². The van der Waals surface area contributed by atoms with Gasteiger partial charge in [0.1, 0.15) is 39.9 Å². The van der Waals surface area contributed by atoms with Crippen LogP contribution >= 0.6 is 0 Å². The Morgan fingerprint density at radius 2 is 1.82 bits per heavy atom. The van der Waals surface area contributed by atoms with Gasteiger partial charge in [0.25, 0.3) is 5.91 Å². The molecule has 1 heterocycles. The minimum absolute atomic E-state index is 0.0277. The number of halogens is 3. The highest BCUT2D eigenvalue weighted by Crippen LogP contribution is 2.40. The molecule has 0 radical (unpaired) electrons. The third-order valence-electron chi connectivity index (χ3n) is 6.16. The fourth-order valence-corrected chi connectivity index (χ4v) is 5.27. The lowest BCUT2D eigenvalue weighted by molar-refractivity contribution is -0.138. The van der Waals surface area contributed by atoms with Gasteiger partial charge in [-0.15, -0.1) is 0 Å². The molecule has 1 saturated heterocycles. The number of methoxy groups -OCH3 is 1. The second-order valence-electron chi connectivity index (χ2n) is 8.76. The maximum Gasteiger partial charge on any atom is 0.420 e. The Balaban J connectivity index is 1.70. The number of ether oxygens (including phenoxy) is 2. The fourth-order valence-electron chi connectivity index (χ4n) is 3.91. The summed E-state index contributed by atoms with van der Waals surface area (Å²) in [5.74, 6) is -0.806. The van der Waals surface area contributed by atoms with Gasteiger partial charge in [0.05, 0.1) is 12.7 Å². The van der Waals surface area contributed by atoms with Crippen LogP contribution in [-0.2, 0) is 33.5 Å². The van der Waals surface area contributed by atoms with Crippen molar-refractivity contribution in [3.8, 4) is 17.2 Å². The van der Waals surface area contributed by atoms with Crippen LogP contribution in [0.25, 0.3) is 0 Å². The monoisotopic (exact) mass is 578 g/mol. The number of aliphatic imine (C=N–C) groups is 1. The number of nitrogens with two attached hydrogens (primary N) is 1. The Morgan fingerprint density at radius 1 is 1.18 bits per heavy atom. The van der Waals surface area contributed by atoms with Gasteiger partial charge in [0, 0.05) is 38.0 Å². The number of carbonyl (C=O) groups is 2. The highest BCUT2D eigenvalue weighted by molar-refractivity contribution is 7.91. The van der Waals surface area contributed by atoms with Crippen molar-refractivity contribution in [3.63, 3.8) is 0 Å². The Bertz CT molecular complexity index is 1270. The van der Waals surface area contributed by atoms with Crippen molar-refractivity contribution < 1.29 is 36.8 Å². The lowest BCUT2D eigenvalue weighted by atomic mass is 9.90. The molecule has 13 heteroatoms. The van der Waals surface area contributed by atoms with E-state index in [-0.39, 0.29) is 53.7 Å². The van der Waals surface area contributed by atoms with Gasteiger partial charge in [0.2, 0.25) is 5.91 Å². The van der Waals surface area contributed by atoms with Crippen LogP contribution < -0.4 is 25.8 Å². The lowest BCUT2D eigenvalue weighted by Gasteiger charge is -2.36. The van der Waals surface area contributed by atoms with Gasteiger partial charge < -0.3 is 30.4 Å². The predicted octanol–water partition coefficient (Wildman–Crippen LogP) is 3.58. The van der Waals surface area contributed by atoms with Crippen molar-refractivity contribution in [2.75, 3.05) is 18.6 Å². The van der Waals surface area contributed by atoms with E-state index < -0.39 is 40.3 Å². The van der Waals surface area contributed by atoms with E-state index in [2.05, 4.69) is 22.2 Å². The summed E-state index contributed by atoms with van der Waals surface area (Å²) in [6, 6.07) is 9.53. The third kappa shape index (κ3) is 7.79. The molecule has 0 aromatic heterocycles. The minimum Gasteiger partial charge on any atom is -0.616 e. The number of rotatable bonds is 10. The molecule has 214 valence electrons. The number of nitrogens with one attached hydrogen (secondary N) is 2. The molecule has 4 N–H and O–H groups in total. The van der Waals surface area contributed by atoms with Gasteiger partial charge in [-0.25, -0.2) is 0 Å². The first-order chi connectivity index (χ1) is 19.0. The molecular weight excluding hydrogens is 549 g/mol. The number of amides is 2. The Kier molecular flexibility index (Phi) is 10.2. The molecule has 0 spiro atoms. The molecule has 1 aliphatic heterocycles. The molecule has 2 amide bonds. The molecule has 1 aliphatic rings. The van der Waals surface area contributed by atoms with Crippen molar-refractivity contribution >= 4 is 29.2 Å². The predicted molar refractivity (Wildman–Crippen MR) is 145 cm³/mol. The first-order valence-corrected chi connectivity index (χ1v) is 13.5. The summed E-state index contributed by atoms with van der Waals surface area (Å²) in [4.78, 5) is 29.9. The Hall–Kier alpha value is -3.97. The smallest absolute Gasteiger partial charge is 0.420 e. The second kappa shape index (κ2) is 13.4. The van der Waals surface area contributed by atoms with E-state index >= 15 is 0 Å². The molecule has 40 heavy (non-hydrogen) atoms. The molecule has 0 bridgehead atoms. The van der Waals surface area contributed by atoms with E-state index in [1.807, 2.05) is 0 Å². The lowest BCUT2D eigenvalue weighted by Crippen LogP contribution is -2.62. The molecule has 0 aliphatic carbocycles. The zero-order valence-corrected chi connectivity index (χ0v) is 22.4. The summed E-state index contributed by atoms with van der Waals surface area (Å²) in [7, 11) is 1.27. The second-order valence-corrected chi connectivity index (χ2v) is 10.5. The number of benzene rings is 2. The van der Waals surface area contributed by atoms with Crippen LogP contribution in [0.5, 0.6) is 17.2 Å². The SMILES string of the molecule is C=C/N=C\C(=C/N)C(=O)NC1(C(=O)NCc2ccc(Oc3ccc(OC)cc3C(F)(F)F)cc2)CC[S+]([O-])CC1. The molecule has 0 saturated carbocycles. The summed E-state index contributed by atoms with van der Waals surface area (Å²) in [6.07, 6.45) is -0.839. The van der Waals surface area contributed by atoms with Crippen LogP contribution in [0.2, 0.25) is 0 Å². The standard InChI is InChI=1S/C27H29F3N4O5S/c1-3-32-17-19(15-31)24(35)34-26(10-12-40(37)13-11-26)25(36)33-16-18-4-6-20(7-5-18)39-23-9-8-21(38-2)14-22(23)27(28,29)30/h3-9,14-15,17H,1,10-13,16,31H2,2H3,(H,33,36)(H,34,35)/b19-15+,32-17-. The molecule has 1 fully saturated rings. The number of hydrogen-bond acceptors (Lipinski definition) is 7. The summed E-state index contributed by atoms with van der Waals surface area (Å²) < 4.78 is 62.7. The van der Waals surface area contributed by atoms with Crippen molar-refractivity contribution in [2.45, 2.75) is 31.1 Å². The van der Waals surface area contributed by atoms with Crippen LogP contribution in [0.4, 0.5) is 13.2 Å². The third-order valence-corrected chi connectivity index (χ3v) is 7.48. The van der Waals surface area contributed by atoms with Crippen molar-refractivity contribution in [3.05, 3.63) is 78.1 Å². The average Bonchev–Trinajstić information content (AvgIpc) is 2.94. The van der Waals surface area contributed by atoms with E-state index in [1.54, 1.807) is 12.1 Å². The number of carbonyl (C=O) groups excluding carboxylic acids is 2. The van der Waals surface area contributed by atoms with Crippen molar-refractivity contribution in [1.82, 2.24) is 10.6 Å². The summed E-state index contributed by atoms with van der Waals surface area (Å²) in [5, 5.41) is 5.51. The highest BCUT2D eigenvalue weighted by atomic mass is 32.2. The largest absolute Gasteiger partial charge is 0.616 e. The molecule has 2 aromatic carbocycles. The van der Waals surface area contributed by atoms with E-state index in [4.69, 9.17) is 15.2 Å². The van der Waals surface area contributed by atoms with Crippen molar-refractivity contribution in [2.24, 2.45) is 10.7 Å². The van der Waals surface area contributed by atoms with Crippen LogP contribution in [0.15, 0.2) is 72.0 Å². The van der Waals surface area contributed by atoms with Crippen molar-refractivity contribution in [1.29, 1.82) is 0 Å². The van der Waals surface area contributed by atoms with Gasteiger partial charge in [-0.2, -0.15) is 13.2 Å². The number of alkyl halides is 3. The summed E-state index contributed by atoms with van der Waals surface area (Å²) in [5.41, 5.74) is 3.90. The molecule has 0 atom stereocenters. The first kappa shape index (κ1) is 30.6. The van der Waals surface area contributed by atoms with E-state index in [1.165, 1.54) is 43.8 Å². The minimum atomic E-state index is -4.65. The van der Waals surface area contributed by atoms with E-state index in [0.717, 1.165) is 12.3 Å². The number of nitrogens with zero attached hydrogens (tertiary/aromatic N) is 1. The first-order valence-electron chi connectivity index (χ1n) is 12.0. The maximum atomic E-state index is 13.5. The van der Waals surface area contributed by atoms with Gasteiger partial charge in [0.15, 0.2) is 0 Å². The van der Waals surface area contributed by atoms with Gasteiger partial charge in [-0.1, -0.05) is 29.9 Å². The van der Waals surface area contributed by atoms with Crippen LogP contribution in [-0.4, -0.2) is 46.7 Å². The molecular formula is C27H29F3N4O5S.